The van der Waals surface area contributed by atoms with Gasteiger partial charge in [0.2, 0.25) is 5.95 Å². The number of nitrogen functional groups attached to an aromatic ring is 1. The number of hydrogen-bond acceptors (Lipinski definition) is 8. The predicted octanol–water partition coefficient (Wildman–Crippen LogP) is 6.16. The van der Waals surface area contributed by atoms with E-state index >= 15 is 0 Å². The van der Waals surface area contributed by atoms with Gasteiger partial charge >= 0.3 is 7.60 Å². The van der Waals surface area contributed by atoms with Gasteiger partial charge in [-0.2, -0.15) is 4.98 Å². The first-order valence-corrected chi connectivity index (χ1v) is 17.0. The van der Waals surface area contributed by atoms with Crippen LogP contribution in [0.5, 0.6) is 0 Å². The monoisotopic (exact) mass is 585 g/mol. The number of ether oxygens (including phenoxy) is 2. The second kappa shape index (κ2) is 21.0. The number of nitrogens with one attached hydrogen (secondary N) is 1. The van der Waals surface area contributed by atoms with Crippen LogP contribution in [0, 0.1) is 0 Å². The van der Waals surface area contributed by atoms with Crippen LogP contribution in [-0.2, 0) is 25.1 Å². The molecule has 0 fully saturated rings. The average molecular weight is 586 g/mol. The molecule has 0 aromatic carbocycles. The molecule has 0 aliphatic carbocycles. The number of nitrogens with zero attached hydrogens (tertiary/aromatic N) is 3. The predicted molar refractivity (Wildman–Crippen MR) is 160 cm³/mol. The van der Waals surface area contributed by atoms with Crippen molar-refractivity contribution in [1.29, 1.82) is 0 Å². The lowest BCUT2D eigenvalue weighted by molar-refractivity contribution is 0.0841. The minimum atomic E-state index is -3.87. The Bertz CT molecular complexity index is 1030. The lowest BCUT2D eigenvalue weighted by Crippen LogP contribution is -2.13. The zero-order valence-corrected chi connectivity index (χ0v) is 25.4. The van der Waals surface area contributed by atoms with E-state index in [-0.39, 0.29) is 37.8 Å². The van der Waals surface area contributed by atoms with Crippen LogP contribution in [0.3, 0.4) is 0 Å². The van der Waals surface area contributed by atoms with Crippen LogP contribution in [0.15, 0.2) is 11.1 Å². The number of hydrogen-bond donors (Lipinski definition) is 3. The number of aromatic amines is 1. The van der Waals surface area contributed by atoms with Crippen molar-refractivity contribution in [2.75, 3.05) is 38.5 Å². The number of H-pyrrole nitrogens is 1. The summed E-state index contributed by atoms with van der Waals surface area (Å²) in [5.41, 5.74) is 5.65. The first kappa shape index (κ1) is 34.4. The zero-order valence-electron chi connectivity index (χ0n) is 24.5. The molecule has 0 spiro atoms. The summed E-state index contributed by atoms with van der Waals surface area (Å²) in [6, 6.07) is 0. The number of rotatable bonds is 26. The van der Waals surface area contributed by atoms with E-state index in [1.54, 1.807) is 4.57 Å². The lowest BCUT2D eigenvalue weighted by atomic mass is 10.0. The summed E-state index contributed by atoms with van der Waals surface area (Å²) in [5.74, 6) is -0.00883. The van der Waals surface area contributed by atoms with Gasteiger partial charge in [0.25, 0.3) is 5.56 Å². The Morgan fingerprint density at radius 1 is 0.850 bits per heavy atom. The van der Waals surface area contributed by atoms with Gasteiger partial charge in [0.05, 0.1) is 26.1 Å². The summed E-state index contributed by atoms with van der Waals surface area (Å²) in [4.78, 5) is 32.2. The number of anilines is 1. The summed E-state index contributed by atoms with van der Waals surface area (Å²) < 4.78 is 29.6. The quantitative estimate of drug-likeness (QED) is 0.0870. The van der Waals surface area contributed by atoms with E-state index in [1.165, 1.54) is 96.2 Å². The van der Waals surface area contributed by atoms with E-state index in [4.69, 9.17) is 19.7 Å². The molecule has 2 rings (SSSR count). The number of unbranched alkanes of at least 4 members (excludes halogenated alkanes) is 15. The standard InChI is InChI=1S/C28H52N5O6P/c1-2-3-4-5-6-7-8-9-10-11-12-13-14-15-16-17-19-37-21-22-39-40(35,36)24-38-20-18-33-23-30-25-26(33)31-28(29)32-27(25)34/h23H,2-22,24H2,1H3,(H,35,36)(H3,29,31,32,34). The fourth-order valence-electron chi connectivity index (χ4n) is 4.61. The van der Waals surface area contributed by atoms with Gasteiger partial charge in [-0.25, -0.2) is 4.98 Å². The van der Waals surface area contributed by atoms with Gasteiger partial charge in [-0.15, -0.1) is 0 Å². The lowest BCUT2D eigenvalue weighted by Gasteiger charge is -2.13. The second-order valence-corrected chi connectivity index (χ2v) is 12.3. The smallest absolute Gasteiger partial charge is 0.353 e. The molecule has 0 saturated heterocycles. The zero-order chi connectivity index (χ0) is 28.9. The molecular weight excluding hydrogens is 533 g/mol. The highest BCUT2D eigenvalue weighted by molar-refractivity contribution is 7.52. The average Bonchev–Trinajstić information content (AvgIpc) is 3.33. The maximum absolute atomic E-state index is 12.1. The SMILES string of the molecule is CCCCCCCCCCCCCCCCCCOCCOP(=O)(O)COCCn1cnc2c(=O)[nH]c(N)nc21. The maximum Gasteiger partial charge on any atom is 0.353 e. The molecule has 1 atom stereocenters. The van der Waals surface area contributed by atoms with Gasteiger partial charge in [0, 0.05) is 13.2 Å². The topological polar surface area (TPSA) is 155 Å². The first-order chi connectivity index (χ1) is 19.4. The number of fused-ring (bicyclic) bond motifs is 1. The molecule has 0 bridgehead atoms. The van der Waals surface area contributed by atoms with Crippen molar-refractivity contribution in [2.24, 2.45) is 0 Å². The maximum atomic E-state index is 12.1. The molecule has 230 valence electrons. The third-order valence-corrected chi connectivity index (χ3v) is 7.98. The summed E-state index contributed by atoms with van der Waals surface area (Å²) >= 11 is 0. The highest BCUT2D eigenvalue weighted by Gasteiger charge is 2.19. The van der Waals surface area contributed by atoms with Crippen molar-refractivity contribution in [3.63, 3.8) is 0 Å². The van der Waals surface area contributed by atoms with Crippen molar-refractivity contribution in [2.45, 2.75) is 116 Å². The van der Waals surface area contributed by atoms with E-state index in [1.807, 2.05) is 0 Å². The van der Waals surface area contributed by atoms with Crippen LogP contribution in [-0.4, -0.2) is 57.2 Å². The van der Waals surface area contributed by atoms with Gasteiger partial charge in [-0.3, -0.25) is 14.3 Å². The third kappa shape index (κ3) is 15.3. The number of aromatic nitrogens is 4. The fraction of sp³-hybridized carbons (Fsp3) is 0.821. The molecule has 0 amide bonds. The van der Waals surface area contributed by atoms with Crippen LogP contribution >= 0.6 is 7.60 Å². The number of nitrogens with two attached hydrogens (primary N) is 1. The molecule has 2 heterocycles. The largest absolute Gasteiger partial charge is 0.379 e. The van der Waals surface area contributed by atoms with Crippen molar-refractivity contribution < 1.29 is 23.5 Å². The van der Waals surface area contributed by atoms with Crippen LogP contribution in [0.2, 0.25) is 0 Å². The molecule has 0 aliphatic heterocycles. The van der Waals surface area contributed by atoms with Crippen LogP contribution in [0.1, 0.15) is 110 Å². The minimum absolute atomic E-state index is 0.00883. The molecular formula is C28H52N5O6P. The molecule has 1 unspecified atom stereocenters. The first-order valence-electron chi connectivity index (χ1n) is 15.3. The Morgan fingerprint density at radius 3 is 2.02 bits per heavy atom. The van der Waals surface area contributed by atoms with Crippen LogP contribution < -0.4 is 11.3 Å². The van der Waals surface area contributed by atoms with Crippen molar-refractivity contribution in [3.05, 3.63) is 16.7 Å². The Morgan fingerprint density at radius 2 is 1.43 bits per heavy atom. The molecule has 11 nitrogen and oxygen atoms in total. The van der Waals surface area contributed by atoms with E-state index in [0.29, 0.717) is 12.3 Å². The van der Waals surface area contributed by atoms with Crippen molar-refractivity contribution in [3.8, 4) is 0 Å². The second-order valence-electron chi connectivity index (χ2n) is 10.5. The Kier molecular flexibility index (Phi) is 18.1. The summed E-state index contributed by atoms with van der Waals surface area (Å²) in [6.07, 6.45) is 22.3. The van der Waals surface area contributed by atoms with E-state index in [2.05, 4.69) is 21.9 Å². The molecule has 2 aromatic heterocycles. The molecule has 2 aromatic rings. The Labute approximate surface area is 239 Å². The van der Waals surface area contributed by atoms with Gasteiger partial charge in [-0.1, -0.05) is 103 Å². The Balaban J connectivity index is 1.35. The van der Waals surface area contributed by atoms with Gasteiger partial charge in [0.1, 0.15) is 6.35 Å². The summed E-state index contributed by atoms with van der Waals surface area (Å²) in [7, 11) is -3.87. The summed E-state index contributed by atoms with van der Waals surface area (Å²) in [6.45, 7) is 3.61. The summed E-state index contributed by atoms with van der Waals surface area (Å²) in [5, 5.41) is 0. The Hall–Kier alpha value is -1.78. The van der Waals surface area contributed by atoms with Crippen LogP contribution in [0.25, 0.3) is 11.2 Å². The highest BCUT2D eigenvalue weighted by Crippen LogP contribution is 2.41. The normalized spacial score (nSPS) is 13.2. The molecule has 4 N–H and O–H groups in total. The number of imidazole rings is 1. The molecule has 40 heavy (non-hydrogen) atoms. The van der Waals surface area contributed by atoms with Crippen molar-refractivity contribution >= 4 is 24.7 Å². The van der Waals surface area contributed by atoms with Gasteiger partial charge < -0.3 is 29.2 Å². The van der Waals surface area contributed by atoms with Crippen molar-refractivity contribution in [1.82, 2.24) is 19.5 Å². The minimum Gasteiger partial charge on any atom is -0.379 e. The van der Waals surface area contributed by atoms with Crippen LogP contribution in [0.4, 0.5) is 5.95 Å². The molecule has 0 saturated carbocycles. The molecule has 0 aliphatic rings. The van der Waals surface area contributed by atoms with Gasteiger partial charge in [-0.05, 0) is 6.42 Å². The molecule has 0 radical (unpaired) electrons. The van der Waals surface area contributed by atoms with Gasteiger partial charge in [0.15, 0.2) is 11.2 Å². The van der Waals surface area contributed by atoms with E-state index < -0.39 is 19.5 Å². The third-order valence-electron chi connectivity index (χ3n) is 6.89. The fourth-order valence-corrected chi connectivity index (χ4v) is 5.40. The van der Waals surface area contributed by atoms with E-state index in [0.717, 1.165) is 12.8 Å². The van der Waals surface area contributed by atoms with E-state index in [9.17, 15) is 14.3 Å². The molecule has 12 heteroatoms. The highest BCUT2D eigenvalue weighted by atomic mass is 31.2.